The molecule has 0 radical (unpaired) electrons. The zero-order chi connectivity index (χ0) is 8.15. The highest BCUT2D eigenvalue weighted by Crippen LogP contribution is 2.08. The lowest BCUT2D eigenvalue weighted by Crippen LogP contribution is -1.94. The summed E-state index contributed by atoms with van der Waals surface area (Å²) in [6, 6.07) is 0. The number of aliphatic imine (C=N–C) groups is 1. The first-order valence-corrected chi connectivity index (χ1v) is 2.63. The summed E-state index contributed by atoms with van der Waals surface area (Å²) >= 11 is 0. The van der Waals surface area contributed by atoms with E-state index in [1.807, 2.05) is 0 Å². The van der Waals surface area contributed by atoms with Crippen molar-refractivity contribution in [3.05, 3.63) is 24.2 Å². The number of allylic oxidation sites excluding steroid dienone is 2. The van der Waals surface area contributed by atoms with E-state index in [1.165, 1.54) is 6.92 Å². The molecule has 0 atom stereocenters. The molecule has 0 amide bonds. The van der Waals surface area contributed by atoms with Crippen LogP contribution >= 0.6 is 0 Å². The Bertz CT molecular complexity index is 206. The van der Waals surface area contributed by atoms with Crippen molar-refractivity contribution in [2.24, 2.45) is 4.99 Å². The fourth-order valence-corrected chi connectivity index (χ4v) is 0.458. The van der Waals surface area contributed by atoms with E-state index in [-0.39, 0.29) is 5.57 Å². The average Bonchev–Trinajstić information content (AvgIpc) is 1.88. The third-order valence-corrected chi connectivity index (χ3v) is 0.944. The summed E-state index contributed by atoms with van der Waals surface area (Å²) in [5.74, 6) is -1.28. The lowest BCUT2D eigenvalue weighted by atomic mass is 10.2. The number of carbonyl (C=O) groups excluding carboxylic acids is 1. The van der Waals surface area contributed by atoms with Crippen LogP contribution < -0.4 is 0 Å². The molecule has 10 heavy (non-hydrogen) atoms. The van der Waals surface area contributed by atoms with Crippen LogP contribution in [0.15, 0.2) is 29.2 Å². The van der Waals surface area contributed by atoms with Gasteiger partial charge in [0, 0.05) is 0 Å². The fraction of sp³-hybridized carbons (Fsp3) is 0.143. The molecule has 0 aromatic rings. The molecule has 0 rings (SSSR count). The molecule has 3 heteroatoms. The number of rotatable bonds is 3. The second-order valence-electron chi connectivity index (χ2n) is 1.62. The Morgan fingerprint density at radius 1 is 1.70 bits per heavy atom. The maximum absolute atomic E-state index is 12.4. The van der Waals surface area contributed by atoms with Crippen LogP contribution in [0.3, 0.4) is 0 Å². The topological polar surface area (TPSA) is 29.4 Å². The van der Waals surface area contributed by atoms with E-state index in [2.05, 4.69) is 18.3 Å². The summed E-state index contributed by atoms with van der Waals surface area (Å²) < 4.78 is 12.4. The highest BCUT2D eigenvalue weighted by molar-refractivity contribution is 5.96. The van der Waals surface area contributed by atoms with E-state index < -0.39 is 11.7 Å². The van der Waals surface area contributed by atoms with Gasteiger partial charge in [-0.2, -0.15) is 4.39 Å². The molecule has 2 nitrogen and oxygen atoms in total. The first kappa shape index (κ1) is 8.75. The number of carbonyl (C=O) groups is 1. The van der Waals surface area contributed by atoms with E-state index in [0.717, 1.165) is 6.08 Å². The van der Waals surface area contributed by atoms with Gasteiger partial charge in [-0.1, -0.05) is 12.7 Å². The van der Waals surface area contributed by atoms with Gasteiger partial charge in [-0.25, -0.2) is 4.99 Å². The van der Waals surface area contributed by atoms with Gasteiger partial charge in [-0.05, 0) is 13.6 Å². The first-order valence-electron chi connectivity index (χ1n) is 2.63. The van der Waals surface area contributed by atoms with E-state index in [0.29, 0.717) is 0 Å². The minimum Gasteiger partial charge on any atom is -0.294 e. The molecule has 0 saturated carbocycles. The van der Waals surface area contributed by atoms with Crippen molar-refractivity contribution in [2.45, 2.75) is 6.92 Å². The summed E-state index contributed by atoms with van der Waals surface area (Å²) in [5.41, 5.74) is -0.130. The van der Waals surface area contributed by atoms with Crippen molar-refractivity contribution in [3.63, 3.8) is 0 Å². The standard InChI is InChI=1S/C7H8FNO/c1-4-6(5(2)10)7(8)9-3/h4H,1,3H2,2H3/b7-6+. The highest BCUT2D eigenvalue weighted by atomic mass is 19.1. The average molecular weight is 141 g/mol. The third kappa shape index (κ3) is 1.93. The molecule has 0 spiro atoms. The second kappa shape index (κ2) is 3.71. The highest BCUT2D eigenvalue weighted by Gasteiger charge is 2.04. The summed E-state index contributed by atoms with van der Waals surface area (Å²) in [7, 11) is 0. The van der Waals surface area contributed by atoms with Crippen molar-refractivity contribution in [2.75, 3.05) is 0 Å². The molecule has 0 aliphatic heterocycles. The lowest BCUT2D eigenvalue weighted by molar-refractivity contribution is -0.113. The Hall–Kier alpha value is -1.25. The number of hydrogen-bond donors (Lipinski definition) is 0. The minimum absolute atomic E-state index is 0.130. The van der Waals surface area contributed by atoms with Crippen molar-refractivity contribution in [1.29, 1.82) is 0 Å². The molecule has 0 aromatic heterocycles. The molecule has 54 valence electrons. The number of ketones is 1. The predicted octanol–water partition coefficient (Wildman–Crippen LogP) is 1.64. The van der Waals surface area contributed by atoms with Gasteiger partial charge in [0.2, 0.25) is 5.95 Å². The number of Topliss-reactive ketones (excluding diaryl/α,β-unsaturated/α-hetero) is 1. The van der Waals surface area contributed by atoms with Gasteiger partial charge < -0.3 is 0 Å². The Kier molecular flexibility index (Phi) is 3.25. The maximum atomic E-state index is 12.4. The van der Waals surface area contributed by atoms with Crippen LogP contribution in [0, 0.1) is 0 Å². The normalized spacial score (nSPS) is 11.8. The molecule has 0 heterocycles. The fourth-order valence-electron chi connectivity index (χ4n) is 0.458. The lowest BCUT2D eigenvalue weighted by Gasteiger charge is -1.92. The zero-order valence-electron chi connectivity index (χ0n) is 5.72. The van der Waals surface area contributed by atoms with Crippen LogP contribution in [0.5, 0.6) is 0 Å². The molecular weight excluding hydrogens is 133 g/mol. The van der Waals surface area contributed by atoms with Gasteiger partial charge in [-0.3, -0.25) is 4.79 Å². The molecule has 0 aliphatic rings. The smallest absolute Gasteiger partial charge is 0.223 e. The Balaban J connectivity index is 4.79. The molecule has 0 fully saturated rings. The van der Waals surface area contributed by atoms with E-state index in [1.54, 1.807) is 0 Å². The van der Waals surface area contributed by atoms with Crippen molar-refractivity contribution >= 4 is 12.5 Å². The van der Waals surface area contributed by atoms with Crippen LogP contribution in [0.2, 0.25) is 0 Å². The van der Waals surface area contributed by atoms with E-state index in [9.17, 15) is 9.18 Å². The van der Waals surface area contributed by atoms with Crippen molar-refractivity contribution < 1.29 is 9.18 Å². The number of hydrogen-bond acceptors (Lipinski definition) is 2. The Labute approximate surface area is 58.8 Å². The summed E-state index contributed by atoms with van der Waals surface area (Å²) in [4.78, 5) is 13.5. The van der Waals surface area contributed by atoms with E-state index in [4.69, 9.17) is 0 Å². The second-order valence-corrected chi connectivity index (χ2v) is 1.62. The van der Waals surface area contributed by atoms with Crippen molar-refractivity contribution in [1.82, 2.24) is 0 Å². The predicted molar refractivity (Wildman–Crippen MR) is 38.6 cm³/mol. The maximum Gasteiger partial charge on any atom is 0.223 e. The molecule has 0 bridgehead atoms. The number of halogens is 1. The van der Waals surface area contributed by atoms with Gasteiger partial charge in [0.1, 0.15) is 0 Å². The van der Waals surface area contributed by atoms with Crippen LogP contribution in [0.4, 0.5) is 4.39 Å². The van der Waals surface area contributed by atoms with Gasteiger partial charge in [0.25, 0.3) is 0 Å². The molecule has 0 N–H and O–H groups in total. The van der Waals surface area contributed by atoms with Gasteiger partial charge in [0.05, 0.1) is 5.57 Å². The molecule has 0 unspecified atom stereocenters. The Morgan fingerprint density at radius 3 is 2.30 bits per heavy atom. The van der Waals surface area contributed by atoms with Gasteiger partial charge >= 0.3 is 0 Å². The molecule has 0 aromatic carbocycles. The summed E-state index contributed by atoms with van der Waals surface area (Å²) in [5, 5.41) is 0. The zero-order valence-corrected chi connectivity index (χ0v) is 5.72. The first-order chi connectivity index (χ1) is 4.63. The molecular formula is C7H8FNO. The van der Waals surface area contributed by atoms with Crippen LogP contribution in [0.25, 0.3) is 0 Å². The van der Waals surface area contributed by atoms with Gasteiger partial charge in [-0.15, -0.1) is 0 Å². The monoisotopic (exact) mass is 141 g/mol. The number of nitrogens with zero attached hydrogens (tertiary/aromatic N) is 1. The molecule has 0 aliphatic carbocycles. The largest absolute Gasteiger partial charge is 0.294 e. The van der Waals surface area contributed by atoms with Crippen LogP contribution in [0.1, 0.15) is 6.92 Å². The SMILES string of the molecule is C=C/C(C(C)=O)=C(/F)N=C. The minimum atomic E-state index is -0.873. The Morgan fingerprint density at radius 2 is 2.20 bits per heavy atom. The summed E-state index contributed by atoms with van der Waals surface area (Å²) in [6.07, 6.45) is 1.12. The van der Waals surface area contributed by atoms with E-state index >= 15 is 0 Å². The molecule has 0 saturated heterocycles. The summed E-state index contributed by atoms with van der Waals surface area (Å²) in [6.45, 7) is 7.41. The van der Waals surface area contributed by atoms with Gasteiger partial charge in [0.15, 0.2) is 5.78 Å². The quantitative estimate of drug-likeness (QED) is 0.254. The van der Waals surface area contributed by atoms with Crippen LogP contribution in [-0.2, 0) is 4.79 Å². The third-order valence-electron chi connectivity index (χ3n) is 0.944. The van der Waals surface area contributed by atoms with Crippen molar-refractivity contribution in [3.8, 4) is 0 Å². The van der Waals surface area contributed by atoms with Crippen LogP contribution in [-0.4, -0.2) is 12.5 Å².